The first-order valence-corrected chi connectivity index (χ1v) is 6.70. The van der Waals surface area contributed by atoms with Gasteiger partial charge in [0.2, 0.25) is 0 Å². The molecule has 0 heterocycles. The van der Waals surface area contributed by atoms with Gasteiger partial charge in [-0.25, -0.2) is 0 Å². The molecular weight excluding hydrogens is 272 g/mol. The number of nitrogen functional groups attached to an aromatic ring is 1. The summed E-state index contributed by atoms with van der Waals surface area (Å²) >= 11 is 5.99. The summed E-state index contributed by atoms with van der Waals surface area (Å²) in [5.74, 6) is -0.0487. The molecule has 4 heteroatoms. The van der Waals surface area contributed by atoms with Gasteiger partial charge in [-0.1, -0.05) is 23.7 Å². The highest BCUT2D eigenvalue weighted by atomic mass is 35.5. The van der Waals surface area contributed by atoms with E-state index in [1.807, 2.05) is 43.3 Å². The van der Waals surface area contributed by atoms with Crippen molar-refractivity contribution in [2.24, 2.45) is 0 Å². The van der Waals surface area contributed by atoms with Crippen LogP contribution in [0.25, 0.3) is 0 Å². The smallest absolute Gasteiger partial charge is 0.253 e. The highest BCUT2D eigenvalue weighted by Gasteiger charge is 2.13. The molecule has 0 saturated carbocycles. The van der Waals surface area contributed by atoms with Gasteiger partial charge in [0, 0.05) is 29.9 Å². The highest BCUT2D eigenvalue weighted by molar-refractivity contribution is 6.31. The molecule has 0 fully saturated rings. The Balaban J connectivity index is 2.14. The number of rotatable bonds is 3. The van der Waals surface area contributed by atoms with E-state index in [2.05, 4.69) is 0 Å². The molecule has 0 atom stereocenters. The Kier molecular flexibility index (Phi) is 4.30. The van der Waals surface area contributed by atoms with Crippen LogP contribution in [0.15, 0.2) is 42.5 Å². The van der Waals surface area contributed by atoms with Crippen molar-refractivity contribution < 1.29 is 4.79 Å². The standard InChI is InChI=1S/C16H17ClN2O/c1-11-7-13(9-14(17)8-11)16(20)19(2)10-12-3-5-15(18)6-4-12/h3-9H,10,18H2,1-2H3. The number of aryl methyl sites for hydroxylation is 1. The molecule has 0 aromatic heterocycles. The van der Waals surface area contributed by atoms with Gasteiger partial charge in [0.1, 0.15) is 0 Å². The Morgan fingerprint density at radius 2 is 1.85 bits per heavy atom. The number of anilines is 1. The van der Waals surface area contributed by atoms with Crippen molar-refractivity contribution in [2.75, 3.05) is 12.8 Å². The summed E-state index contributed by atoms with van der Waals surface area (Å²) in [5.41, 5.74) is 8.98. The van der Waals surface area contributed by atoms with Gasteiger partial charge in [0.25, 0.3) is 5.91 Å². The van der Waals surface area contributed by atoms with E-state index in [-0.39, 0.29) is 5.91 Å². The van der Waals surface area contributed by atoms with Crippen LogP contribution in [0.5, 0.6) is 0 Å². The molecule has 0 aliphatic heterocycles. The van der Waals surface area contributed by atoms with Gasteiger partial charge >= 0.3 is 0 Å². The Bertz CT molecular complexity index is 603. The minimum absolute atomic E-state index is 0.0487. The maximum atomic E-state index is 12.4. The van der Waals surface area contributed by atoms with E-state index in [0.29, 0.717) is 22.8 Å². The number of carbonyl (C=O) groups excluding carboxylic acids is 1. The zero-order chi connectivity index (χ0) is 14.7. The minimum Gasteiger partial charge on any atom is -0.399 e. The lowest BCUT2D eigenvalue weighted by Gasteiger charge is -2.18. The molecule has 2 rings (SSSR count). The molecule has 0 bridgehead atoms. The predicted molar refractivity (Wildman–Crippen MR) is 82.8 cm³/mol. The van der Waals surface area contributed by atoms with Crippen LogP contribution in [0.2, 0.25) is 5.02 Å². The minimum atomic E-state index is -0.0487. The third-order valence-corrected chi connectivity index (χ3v) is 3.25. The van der Waals surface area contributed by atoms with E-state index in [1.165, 1.54) is 0 Å². The molecule has 0 unspecified atom stereocenters. The zero-order valence-corrected chi connectivity index (χ0v) is 12.3. The number of carbonyl (C=O) groups is 1. The largest absolute Gasteiger partial charge is 0.399 e. The van der Waals surface area contributed by atoms with Crippen LogP contribution in [0, 0.1) is 6.92 Å². The summed E-state index contributed by atoms with van der Waals surface area (Å²) in [6, 6.07) is 12.9. The van der Waals surface area contributed by atoms with Gasteiger partial charge in [-0.2, -0.15) is 0 Å². The van der Waals surface area contributed by atoms with Crippen LogP contribution < -0.4 is 5.73 Å². The monoisotopic (exact) mass is 288 g/mol. The van der Waals surface area contributed by atoms with Crippen LogP contribution >= 0.6 is 11.6 Å². The maximum absolute atomic E-state index is 12.4. The van der Waals surface area contributed by atoms with Crippen molar-refractivity contribution in [3.05, 3.63) is 64.2 Å². The average molecular weight is 289 g/mol. The predicted octanol–water partition coefficient (Wildman–Crippen LogP) is 3.50. The lowest BCUT2D eigenvalue weighted by Crippen LogP contribution is -2.26. The maximum Gasteiger partial charge on any atom is 0.253 e. The van der Waals surface area contributed by atoms with Gasteiger partial charge in [-0.3, -0.25) is 4.79 Å². The van der Waals surface area contributed by atoms with Crippen LogP contribution in [-0.4, -0.2) is 17.9 Å². The summed E-state index contributed by atoms with van der Waals surface area (Å²) in [6.45, 7) is 2.45. The van der Waals surface area contributed by atoms with E-state index in [9.17, 15) is 4.79 Å². The summed E-state index contributed by atoms with van der Waals surface area (Å²) in [4.78, 5) is 14.0. The lowest BCUT2D eigenvalue weighted by atomic mass is 10.1. The number of hydrogen-bond donors (Lipinski definition) is 1. The Hall–Kier alpha value is -2.00. The summed E-state index contributed by atoms with van der Waals surface area (Å²) in [6.07, 6.45) is 0. The first kappa shape index (κ1) is 14.4. The molecule has 20 heavy (non-hydrogen) atoms. The molecule has 0 saturated heterocycles. The SMILES string of the molecule is Cc1cc(Cl)cc(C(=O)N(C)Cc2ccc(N)cc2)c1. The fourth-order valence-corrected chi connectivity index (χ4v) is 2.34. The average Bonchev–Trinajstić information content (AvgIpc) is 2.39. The first-order valence-electron chi connectivity index (χ1n) is 6.33. The fraction of sp³-hybridized carbons (Fsp3) is 0.188. The second kappa shape index (κ2) is 5.97. The molecule has 2 N–H and O–H groups in total. The second-order valence-electron chi connectivity index (χ2n) is 4.92. The molecule has 2 aromatic rings. The van der Waals surface area contributed by atoms with Crippen molar-refractivity contribution in [3.8, 4) is 0 Å². The quantitative estimate of drug-likeness (QED) is 0.879. The summed E-state index contributed by atoms with van der Waals surface area (Å²) in [7, 11) is 1.77. The number of nitrogens with two attached hydrogens (primary N) is 1. The third-order valence-electron chi connectivity index (χ3n) is 3.04. The number of amides is 1. The van der Waals surface area contributed by atoms with Gasteiger partial charge in [-0.15, -0.1) is 0 Å². The fourth-order valence-electron chi connectivity index (χ4n) is 2.05. The van der Waals surface area contributed by atoms with Gasteiger partial charge in [0.05, 0.1) is 0 Å². The molecule has 2 aromatic carbocycles. The van der Waals surface area contributed by atoms with E-state index < -0.39 is 0 Å². The topological polar surface area (TPSA) is 46.3 Å². The van der Waals surface area contributed by atoms with Crippen LogP contribution in [0.3, 0.4) is 0 Å². The van der Waals surface area contributed by atoms with E-state index in [0.717, 1.165) is 11.1 Å². The molecule has 1 amide bonds. The van der Waals surface area contributed by atoms with Crippen molar-refractivity contribution >= 4 is 23.2 Å². The number of benzene rings is 2. The third kappa shape index (κ3) is 3.52. The summed E-state index contributed by atoms with van der Waals surface area (Å²) in [5, 5.41) is 0.578. The highest BCUT2D eigenvalue weighted by Crippen LogP contribution is 2.17. The van der Waals surface area contributed by atoms with E-state index in [1.54, 1.807) is 18.0 Å². The van der Waals surface area contributed by atoms with Gasteiger partial charge < -0.3 is 10.6 Å². The van der Waals surface area contributed by atoms with Crippen LogP contribution in [0.1, 0.15) is 21.5 Å². The molecule has 0 aliphatic carbocycles. The molecule has 0 radical (unpaired) electrons. The van der Waals surface area contributed by atoms with E-state index in [4.69, 9.17) is 17.3 Å². The van der Waals surface area contributed by atoms with Crippen molar-refractivity contribution in [1.82, 2.24) is 4.90 Å². The number of nitrogens with zero attached hydrogens (tertiary/aromatic N) is 1. The zero-order valence-electron chi connectivity index (χ0n) is 11.6. The van der Waals surface area contributed by atoms with Crippen molar-refractivity contribution in [2.45, 2.75) is 13.5 Å². The second-order valence-corrected chi connectivity index (χ2v) is 5.36. The number of hydrogen-bond acceptors (Lipinski definition) is 2. The Labute approximate surface area is 124 Å². The van der Waals surface area contributed by atoms with Gasteiger partial charge in [0.15, 0.2) is 0 Å². The number of halogens is 1. The van der Waals surface area contributed by atoms with Crippen molar-refractivity contribution in [3.63, 3.8) is 0 Å². The lowest BCUT2D eigenvalue weighted by molar-refractivity contribution is 0.0785. The van der Waals surface area contributed by atoms with Crippen molar-refractivity contribution in [1.29, 1.82) is 0 Å². The van der Waals surface area contributed by atoms with Crippen LogP contribution in [0.4, 0.5) is 5.69 Å². The molecule has 104 valence electrons. The van der Waals surface area contributed by atoms with Crippen LogP contribution in [-0.2, 0) is 6.54 Å². The van der Waals surface area contributed by atoms with E-state index >= 15 is 0 Å². The molecule has 0 aliphatic rings. The van der Waals surface area contributed by atoms with Gasteiger partial charge in [-0.05, 0) is 48.4 Å². The molecule has 3 nitrogen and oxygen atoms in total. The summed E-state index contributed by atoms with van der Waals surface area (Å²) < 4.78 is 0. The molecular formula is C16H17ClN2O. The normalized spacial score (nSPS) is 10.3. The Morgan fingerprint density at radius 3 is 2.45 bits per heavy atom. The first-order chi connectivity index (χ1) is 9.45. The molecule has 0 spiro atoms. The Morgan fingerprint density at radius 1 is 1.20 bits per heavy atom.